The van der Waals surface area contributed by atoms with Crippen molar-refractivity contribution in [3.05, 3.63) is 35.4 Å². The van der Waals surface area contributed by atoms with Gasteiger partial charge in [0.1, 0.15) is 0 Å². The standard InChI is InChI=1S/C14H21NO2/c1-2-3-12-4-6-13(7-5-12)8-10-15-14(17)9-11-16/h4-7,16H,2-3,8-11H2,1H3,(H,15,17). The Kier molecular flexibility index (Phi) is 6.33. The van der Waals surface area contributed by atoms with Crippen molar-refractivity contribution < 1.29 is 9.90 Å². The van der Waals surface area contributed by atoms with Gasteiger partial charge in [0.15, 0.2) is 0 Å². The van der Waals surface area contributed by atoms with Gasteiger partial charge in [0.25, 0.3) is 0 Å². The van der Waals surface area contributed by atoms with E-state index in [9.17, 15) is 4.79 Å². The Morgan fingerprint density at radius 3 is 2.29 bits per heavy atom. The number of carbonyl (C=O) groups is 1. The summed E-state index contributed by atoms with van der Waals surface area (Å²) in [7, 11) is 0. The fourth-order valence-electron chi connectivity index (χ4n) is 1.70. The van der Waals surface area contributed by atoms with Crippen molar-refractivity contribution in [3.8, 4) is 0 Å². The lowest BCUT2D eigenvalue weighted by atomic mass is 10.1. The number of benzene rings is 1. The van der Waals surface area contributed by atoms with Crippen LogP contribution in [0.15, 0.2) is 24.3 Å². The molecule has 0 atom stereocenters. The smallest absolute Gasteiger partial charge is 0.222 e. The van der Waals surface area contributed by atoms with E-state index in [2.05, 4.69) is 36.5 Å². The lowest BCUT2D eigenvalue weighted by Gasteiger charge is -2.05. The number of hydrogen-bond donors (Lipinski definition) is 2. The molecule has 1 aromatic rings. The first kappa shape index (κ1) is 13.7. The van der Waals surface area contributed by atoms with Crippen LogP contribution in [0.1, 0.15) is 30.9 Å². The number of nitrogens with one attached hydrogen (secondary N) is 1. The molecule has 0 heterocycles. The Labute approximate surface area is 103 Å². The number of rotatable bonds is 7. The van der Waals surface area contributed by atoms with E-state index < -0.39 is 0 Å². The first-order valence-electron chi connectivity index (χ1n) is 6.21. The summed E-state index contributed by atoms with van der Waals surface area (Å²) in [4.78, 5) is 11.1. The first-order chi connectivity index (χ1) is 8.26. The van der Waals surface area contributed by atoms with Crippen LogP contribution >= 0.6 is 0 Å². The Bertz CT molecular complexity index is 333. The highest BCUT2D eigenvalue weighted by Crippen LogP contribution is 2.06. The molecule has 0 aliphatic heterocycles. The second-order valence-electron chi connectivity index (χ2n) is 4.14. The molecule has 0 unspecified atom stereocenters. The summed E-state index contributed by atoms with van der Waals surface area (Å²) in [6, 6.07) is 8.52. The number of carbonyl (C=O) groups excluding carboxylic acids is 1. The largest absolute Gasteiger partial charge is 0.396 e. The van der Waals surface area contributed by atoms with Gasteiger partial charge < -0.3 is 10.4 Å². The molecule has 0 spiro atoms. The van der Waals surface area contributed by atoms with Gasteiger partial charge in [-0.05, 0) is 24.0 Å². The second-order valence-corrected chi connectivity index (χ2v) is 4.14. The number of amides is 1. The Hall–Kier alpha value is -1.35. The van der Waals surface area contributed by atoms with Gasteiger partial charge in [-0.15, -0.1) is 0 Å². The van der Waals surface area contributed by atoms with Crippen molar-refractivity contribution in [2.45, 2.75) is 32.6 Å². The van der Waals surface area contributed by atoms with E-state index in [0.717, 1.165) is 19.3 Å². The topological polar surface area (TPSA) is 49.3 Å². The van der Waals surface area contributed by atoms with Crippen LogP contribution in [0, 0.1) is 0 Å². The number of aliphatic hydroxyl groups is 1. The van der Waals surface area contributed by atoms with E-state index >= 15 is 0 Å². The molecule has 0 aromatic heterocycles. The molecule has 94 valence electrons. The molecule has 0 saturated carbocycles. The van der Waals surface area contributed by atoms with E-state index in [1.807, 2.05) is 0 Å². The van der Waals surface area contributed by atoms with Crippen LogP contribution in [0.5, 0.6) is 0 Å². The molecule has 1 amide bonds. The fraction of sp³-hybridized carbons (Fsp3) is 0.500. The van der Waals surface area contributed by atoms with Crippen LogP contribution in [0.3, 0.4) is 0 Å². The predicted molar refractivity (Wildman–Crippen MR) is 68.9 cm³/mol. The number of aryl methyl sites for hydroxylation is 1. The summed E-state index contributed by atoms with van der Waals surface area (Å²) in [6.45, 7) is 2.72. The zero-order valence-electron chi connectivity index (χ0n) is 10.4. The molecule has 0 fully saturated rings. The summed E-state index contributed by atoms with van der Waals surface area (Å²) >= 11 is 0. The van der Waals surface area contributed by atoms with E-state index in [4.69, 9.17) is 5.11 Å². The molecule has 0 aliphatic rings. The highest BCUT2D eigenvalue weighted by Gasteiger charge is 1.99. The minimum atomic E-state index is -0.0879. The van der Waals surface area contributed by atoms with Crippen molar-refractivity contribution in [3.63, 3.8) is 0 Å². The second kappa shape index (κ2) is 7.85. The number of aliphatic hydroxyl groups excluding tert-OH is 1. The van der Waals surface area contributed by atoms with Crippen LogP contribution in [0.4, 0.5) is 0 Å². The monoisotopic (exact) mass is 235 g/mol. The molecule has 1 rings (SSSR count). The van der Waals surface area contributed by atoms with Crippen LogP contribution in [-0.2, 0) is 17.6 Å². The average molecular weight is 235 g/mol. The fourth-order valence-corrected chi connectivity index (χ4v) is 1.70. The summed E-state index contributed by atoms with van der Waals surface area (Å²) in [5.41, 5.74) is 2.59. The zero-order valence-corrected chi connectivity index (χ0v) is 10.4. The SMILES string of the molecule is CCCc1ccc(CCNC(=O)CCO)cc1. The predicted octanol–water partition coefficient (Wildman–Crippen LogP) is 1.68. The molecule has 0 radical (unpaired) electrons. The summed E-state index contributed by atoms with van der Waals surface area (Å²) in [5.74, 6) is -0.0879. The van der Waals surface area contributed by atoms with Gasteiger partial charge in [0, 0.05) is 13.0 Å². The van der Waals surface area contributed by atoms with Crippen LogP contribution < -0.4 is 5.32 Å². The summed E-state index contributed by atoms with van der Waals surface area (Å²) in [6.07, 6.45) is 3.31. The maximum Gasteiger partial charge on any atom is 0.222 e. The average Bonchev–Trinajstić information content (AvgIpc) is 2.32. The molecule has 3 heteroatoms. The van der Waals surface area contributed by atoms with Gasteiger partial charge in [0.2, 0.25) is 5.91 Å². The molecular weight excluding hydrogens is 214 g/mol. The first-order valence-corrected chi connectivity index (χ1v) is 6.21. The third-order valence-corrected chi connectivity index (χ3v) is 2.64. The van der Waals surface area contributed by atoms with Gasteiger partial charge in [-0.25, -0.2) is 0 Å². The van der Waals surface area contributed by atoms with Crippen molar-refractivity contribution in [1.82, 2.24) is 5.32 Å². The third-order valence-electron chi connectivity index (χ3n) is 2.64. The summed E-state index contributed by atoms with van der Waals surface area (Å²) < 4.78 is 0. The molecule has 0 aliphatic carbocycles. The molecule has 0 saturated heterocycles. The van der Waals surface area contributed by atoms with E-state index in [-0.39, 0.29) is 18.9 Å². The Morgan fingerprint density at radius 2 is 1.76 bits per heavy atom. The minimum Gasteiger partial charge on any atom is -0.396 e. The third kappa shape index (κ3) is 5.50. The van der Waals surface area contributed by atoms with E-state index in [1.54, 1.807) is 0 Å². The van der Waals surface area contributed by atoms with Gasteiger partial charge in [-0.2, -0.15) is 0 Å². The zero-order chi connectivity index (χ0) is 12.5. The quantitative estimate of drug-likeness (QED) is 0.755. The Balaban J connectivity index is 2.29. The Morgan fingerprint density at radius 1 is 1.18 bits per heavy atom. The highest BCUT2D eigenvalue weighted by molar-refractivity contribution is 5.75. The van der Waals surface area contributed by atoms with Gasteiger partial charge >= 0.3 is 0 Å². The van der Waals surface area contributed by atoms with Crippen molar-refractivity contribution in [2.24, 2.45) is 0 Å². The lowest BCUT2D eigenvalue weighted by Crippen LogP contribution is -2.26. The van der Waals surface area contributed by atoms with E-state index in [1.165, 1.54) is 11.1 Å². The minimum absolute atomic E-state index is 0.0858. The van der Waals surface area contributed by atoms with Crippen molar-refractivity contribution in [2.75, 3.05) is 13.2 Å². The molecule has 3 nitrogen and oxygen atoms in total. The van der Waals surface area contributed by atoms with Crippen LogP contribution in [-0.4, -0.2) is 24.2 Å². The maximum absolute atomic E-state index is 11.1. The van der Waals surface area contributed by atoms with Crippen LogP contribution in [0.25, 0.3) is 0 Å². The van der Waals surface area contributed by atoms with Gasteiger partial charge in [0.05, 0.1) is 6.61 Å². The lowest BCUT2D eigenvalue weighted by molar-refractivity contribution is -0.121. The van der Waals surface area contributed by atoms with Crippen molar-refractivity contribution in [1.29, 1.82) is 0 Å². The highest BCUT2D eigenvalue weighted by atomic mass is 16.3. The van der Waals surface area contributed by atoms with Crippen LogP contribution in [0.2, 0.25) is 0 Å². The normalized spacial score (nSPS) is 10.2. The molecule has 17 heavy (non-hydrogen) atoms. The van der Waals surface area contributed by atoms with Gasteiger partial charge in [-0.1, -0.05) is 37.6 Å². The molecular formula is C14H21NO2. The molecule has 1 aromatic carbocycles. The number of hydrogen-bond acceptors (Lipinski definition) is 2. The maximum atomic E-state index is 11.1. The molecule has 2 N–H and O–H groups in total. The van der Waals surface area contributed by atoms with Gasteiger partial charge in [-0.3, -0.25) is 4.79 Å². The summed E-state index contributed by atoms with van der Waals surface area (Å²) in [5, 5.41) is 11.3. The van der Waals surface area contributed by atoms with E-state index in [0.29, 0.717) is 6.54 Å². The van der Waals surface area contributed by atoms with Crippen molar-refractivity contribution >= 4 is 5.91 Å². The molecule has 0 bridgehead atoms.